The average Bonchev–Trinajstić information content (AvgIpc) is 2.89. The van der Waals surface area contributed by atoms with E-state index in [1.54, 1.807) is 36.4 Å². The standard InChI is InChI=1S/C18H14ClNO4S2/c19-12-3-1-2-11(9-12)15-16(22)20(18(25)26-15)14(17(23)24)8-10-4-6-13(21)7-5-10/h1-7,9,14-15,21H,8H2,(H,23,24). The smallest absolute Gasteiger partial charge is 0.327 e. The number of halogens is 1. The van der Waals surface area contributed by atoms with E-state index in [0.29, 0.717) is 16.1 Å². The van der Waals surface area contributed by atoms with Crippen molar-refractivity contribution >= 4 is 51.8 Å². The van der Waals surface area contributed by atoms with Crippen LogP contribution in [0.5, 0.6) is 5.75 Å². The maximum absolute atomic E-state index is 12.9. The van der Waals surface area contributed by atoms with E-state index < -0.39 is 17.3 Å². The van der Waals surface area contributed by atoms with Crippen LogP contribution in [0.1, 0.15) is 16.4 Å². The molecule has 1 saturated heterocycles. The Labute approximate surface area is 164 Å². The van der Waals surface area contributed by atoms with Crippen molar-refractivity contribution in [2.75, 3.05) is 0 Å². The molecule has 5 nitrogen and oxygen atoms in total. The summed E-state index contributed by atoms with van der Waals surface area (Å²) in [5, 5.41) is 18.9. The molecule has 0 aromatic heterocycles. The molecular formula is C18H14ClNO4S2. The first-order valence-corrected chi connectivity index (χ1v) is 9.33. The third-order valence-electron chi connectivity index (χ3n) is 3.99. The fourth-order valence-corrected chi connectivity index (χ4v) is 4.46. The van der Waals surface area contributed by atoms with Gasteiger partial charge in [0.1, 0.15) is 21.4 Å². The van der Waals surface area contributed by atoms with Gasteiger partial charge in [0.15, 0.2) is 0 Å². The first-order chi connectivity index (χ1) is 12.4. The molecule has 0 aliphatic carbocycles. The Kier molecular flexibility index (Phi) is 5.50. The van der Waals surface area contributed by atoms with Crippen LogP contribution in [-0.2, 0) is 16.0 Å². The average molecular weight is 408 g/mol. The molecule has 1 heterocycles. The van der Waals surface area contributed by atoms with Gasteiger partial charge in [-0.15, -0.1) is 0 Å². The van der Waals surface area contributed by atoms with Crippen molar-refractivity contribution in [3.63, 3.8) is 0 Å². The SMILES string of the molecule is O=C(O)C(Cc1ccc(O)cc1)N1C(=O)C(c2cccc(Cl)c2)SC1=S. The lowest BCUT2D eigenvalue weighted by atomic mass is 10.0. The zero-order valence-corrected chi connectivity index (χ0v) is 15.7. The largest absolute Gasteiger partial charge is 0.508 e. The number of carbonyl (C=O) groups excluding carboxylic acids is 1. The lowest BCUT2D eigenvalue weighted by Gasteiger charge is -2.24. The number of thiocarbonyl (C=S) groups is 1. The Bertz CT molecular complexity index is 872. The highest BCUT2D eigenvalue weighted by Crippen LogP contribution is 2.41. The number of nitrogens with zero attached hydrogens (tertiary/aromatic N) is 1. The second-order valence-corrected chi connectivity index (χ2v) is 7.93. The summed E-state index contributed by atoms with van der Waals surface area (Å²) in [6.07, 6.45) is 0.0876. The molecule has 2 aromatic rings. The minimum Gasteiger partial charge on any atom is -0.508 e. The summed E-state index contributed by atoms with van der Waals surface area (Å²) < 4.78 is 0.228. The van der Waals surface area contributed by atoms with Crippen LogP contribution < -0.4 is 0 Å². The Morgan fingerprint density at radius 1 is 1.27 bits per heavy atom. The molecule has 0 radical (unpaired) electrons. The van der Waals surface area contributed by atoms with Gasteiger partial charge >= 0.3 is 5.97 Å². The molecule has 0 saturated carbocycles. The summed E-state index contributed by atoms with van der Waals surface area (Å²) in [5.41, 5.74) is 1.37. The van der Waals surface area contributed by atoms with Crippen molar-refractivity contribution in [3.8, 4) is 5.75 Å². The number of phenolic OH excluding ortho intramolecular Hbond substituents is 1. The zero-order valence-electron chi connectivity index (χ0n) is 13.3. The molecule has 2 N–H and O–H groups in total. The van der Waals surface area contributed by atoms with Gasteiger partial charge in [0.25, 0.3) is 0 Å². The van der Waals surface area contributed by atoms with Crippen LogP contribution in [0.2, 0.25) is 5.02 Å². The number of hydrogen-bond donors (Lipinski definition) is 2. The maximum atomic E-state index is 12.9. The lowest BCUT2D eigenvalue weighted by Crippen LogP contribution is -2.45. The van der Waals surface area contributed by atoms with Crippen molar-refractivity contribution in [2.24, 2.45) is 0 Å². The molecule has 1 aliphatic heterocycles. The number of amides is 1. The minimum absolute atomic E-state index is 0.0876. The number of aliphatic carboxylic acids is 1. The molecule has 2 unspecified atom stereocenters. The fraction of sp³-hybridized carbons (Fsp3) is 0.167. The molecule has 26 heavy (non-hydrogen) atoms. The fourth-order valence-electron chi connectivity index (χ4n) is 2.73. The number of carbonyl (C=O) groups is 2. The summed E-state index contributed by atoms with van der Waals surface area (Å²) >= 11 is 12.4. The first kappa shape index (κ1) is 18.7. The van der Waals surface area contributed by atoms with Crippen molar-refractivity contribution in [1.29, 1.82) is 0 Å². The zero-order chi connectivity index (χ0) is 18.8. The van der Waals surface area contributed by atoms with E-state index in [1.165, 1.54) is 17.0 Å². The Balaban J connectivity index is 1.87. The van der Waals surface area contributed by atoms with Gasteiger partial charge in [-0.1, -0.05) is 59.8 Å². The highest BCUT2D eigenvalue weighted by atomic mass is 35.5. The van der Waals surface area contributed by atoms with Crippen LogP contribution in [0.3, 0.4) is 0 Å². The maximum Gasteiger partial charge on any atom is 0.327 e. The summed E-state index contributed by atoms with van der Waals surface area (Å²) in [4.78, 5) is 25.9. The molecule has 2 aromatic carbocycles. The number of carboxylic acids is 1. The van der Waals surface area contributed by atoms with E-state index in [0.717, 1.165) is 11.8 Å². The summed E-state index contributed by atoms with van der Waals surface area (Å²) in [6, 6.07) is 12.0. The molecule has 3 rings (SSSR count). The number of phenols is 1. The van der Waals surface area contributed by atoms with Gasteiger partial charge in [-0.05, 0) is 35.4 Å². The third-order valence-corrected chi connectivity index (χ3v) is 5.82. The van der Waals surface area contributed by atoms with Gasteiger partial charge in [-0.3, -0.25) is 9.69 Å². The van der Waals surface area contributed by atoms with Crippen molar-refractivity contribution in [3.05, 3.63) is 64.7 Å². The van der Waals surface area contributed by atoms with E-state index in [4.69, 9.17) is 23.8 Å². The number of carboxylic acid groups (broad SMARTS) is 1. The Hall–Kier alpha value is -2.09. The van der Waals surface area contributed by atoms with E-state index in [9.17, 15) is 19.8 Å². The van der Waals surface area contributed by atoms with Gasteiger partial charge < -0.3 is 10.2 Å². The summed E-state index contributed by atoms with van der Waals surface area (Å²) in [7, 11) is 0. The molecule has 134 valence electrons. The van der Waals surface area contributed by atoms with Crippen LogP contribution in [0.4, 0.5) is 0 Å². The number of benzene rings is 2. The van der Waals surface area contributed by atoms with Crippen LogP contribution in [0.15, 0.2) is 48.5 Å². The summed E-state index contributed by atoms with van der Waals surface area (Å²) in [5.74, 6) is -1.42. The molecular weight excluding hydrogens is 394 g/mol. The van der Waals surface area contributed by atoms with Crippen molar-refractivity contribution in [2.45, 2.75) is 17.7 Å². The van der Waals surface area contributed by atoms with Gasteiger partial charge in [-0.25, -0.2) is 4.79 Å². The lowest BCUT2D eigenvalue weighted by molar-refractivity contribution is -0.146. The quantitative estimate of drug-likeness (QED) is 0.737. The van der Waals surface area contributed by atoms with Gasteiger partial charge in [0.2, 0.25) is 5.91 Å². The number of rotatable bonds is 5. The Morgan fingerprint density at radius 2 is 1.96 bits per heavy atom. The minimum atomic E-state index is -1.14. The normalized spacial score (nSPS) is 18.2. The predicted octanol–water partition coefficient (Wildman–Crippen LogP) is 3.64. The topological polar surface area (TPSA) is 77.8 Å². The number of hydrogen-bond acceptors (Lipinski definition) is 5. The van der Waals surface area contributed by atoms with Crippen molar-refractivity contribution in [1.82, 2.24) is 4.90 Å². The van der Waals surface area contributed by atoms with E-state index in [-0.39, 0.29) is 22.4 Å². The molecule has 0 spiro atoms. The van der Waals surface area contributed by atoms with Crippen LogP contribution in [0, 0.1) is 0 Å². The van der Waals surface area contributed by atoms with E-state index in [1.807, 2.05) is 0 Å². The van der Waals surface area contributed by atoms with E-state index in [2.05, 4.69) is 0 Å². The van der Waals surface area contributed by atoms with Crippen LogP contribution >= 0.6 is 35.6 Å². The van der Waals surface area contributed by atoms with Gasteiger partial charge in [0, 0.05) is 11.4 Å². The van der Waals surface area contributed by atoms with Gasteiger partial charge in [-0.2, -0.15) is 0 Å². The van der Waals surface area contributed by atoms with Crippen LogP contribution in [-0.4, -0.2) is 37.4 Å². The highest BCUT2D eigenvalue weighted by molar-refractivity contribution is 8.24. The van der Waals surface area contributed by atoms with Gasteiger partial charge in [0.05, 0.1) is 0 Å². The molecule has 1 fully saturated rings. The molecule has 1 aliphatic rings. The van der Waals surface area contributed by atoms with Crippen LogP contribution in [0.25, 0.3) is 0 Å². The third kappa shape index (κ3) is 3.85. The van der Waals surface area contributed by atoms with E-state index >= 15 is 0 Å². The van der Waals surface area contributed by atoms with Crippen molar-refractivity contribution < 1.29 is 19.8 Å². The Morgan fingerprint density at radius 3 is 2.58 bits per heavy atom. The molecule has 2 atom stereocenters. The number of thioether (sulfide) groups is 1. The second-order valence-electron chi connectivity index (χ2n) is 5.75. The molecule has 8 heteroatoms. The predicted molar refractivity (Wildman–Crippen MR) is 104 cm³/mol. The monoisotopic (exact) mass is 407 g/mol. The molecule has 0 bridgehead atoms. The summed E-state index contributed by atoms with van der Waals surface area (Å²) in [6.45, 7) is 0. The first-order valence-electron chi connectivity index (χ1n) is 7.66. The molecule has 1 amide bonds. The highest BCUT2D eigenvalue weighted by Gasteiger charge is 2.44. The number of aromatic hydroxyl groups is 1. The second kappa shape index (κ2) is 7.65.